The molecule has 0 unspecified atom stereocenters. The molecule has 0 N–H and O–H groups in total. The highest BCUT2D eigenvalue weighted by Crippen LogP contribution is 2.49. The Hall–Kier alpha value is -5.90. The first kappa shape index (κ1) is 33.6. The van der Waals surface area contributed by atoms with E-state index in [1.807, 2.05) is 17.0 Å². The largest absolute Gasteiger partial charge is 0.488 e. The van der Waals surface area contributed by atoms with Gasteiger partial charge in [-0.05, 0) is 81.9 Å². The fourth-order valence-electron chi connectivity index (χ4n) is 5.94. The number of nitrogens with zero attached hydrogens (tertiary/aromatic N) is 1. The molecule has 1 aliphatic heterocycles. The Labute approximate surface area is 290 Å². The van der Waals surface area contributed by atoms with Crippen LogP contribution in [-0.2, 0) is 25.6 Å². The molecule has 51 heavy (non-hydrogen) atoms. The van der Waals surface area contributed by atoms with Crippen LogP contribution in [0.15, 0.2) is 133 Å². The van der Waals surface area contributed by atoms with Crippen LogP contribution in [0.1, 0.15) is 22.3 Å². The van der Waals surface area contributed by atoms with Crippen molar-refractivity contribution < 1.29 is 40.6 Å². The van der Waals surface area contributed by atoms with Crippen molar-refractivity contribution in [3.8, 4) is 45.3 Å². The molecule has 0 atom stereocenters. The van der Waals surface area contributed by atoms with Gasteiger partial charge in [0.15, 0.2) is 11.5 Å². The van der Waals surface area contributed by atoms with Crippen LogP contribution in [-0.4, -0.2) is 7.05 Å². The summed E-state index contributed by atoms with van der Waals surface area (Å²) in [5.41, 5.74) is 2.54. The summed E-state index contributed by atoms with van der Waals surface area (Å²) in [4.78, 5) is 1.85. The zero-order valence-electron chi connectivity index (χ0n) is 27.1. The highest BCUT2D eigenvalue weighted by molar-refractivity contribution is 5.83. The van der Waals surface area contributed by atoms with Gasteiger partial charge in [0.05, 0.1) is 22.5 Å². The van der Waals surface area contributed by atoms with Gasteiger partial charge in [0.25, 0.3) is 0 Å². The molecule has 0 bridgehead atoms. The number of rotatable bonds is 8. The predicted octanol–water partition coefficient (Wildman–Crippen LogP) is 12.1. The molecule has 4 nitrogen and oxygen atoms in total. The van der Waals surface area contributed by atoms with Gasteiger partial charge < -0.3 is 19.1 Å². The summed E-state index contributed by atoms with van der Waals surface area (Å²) < 4.78 is 102. The molecule has 0 saturated heterocycles. The van der Waals surface area contributed by atoms with Crippen LogP contribution in [0, 0.1) is 0 Å². The first-order chi connectivity index (χ1) is 24.4. The van der Waals surface area contributed by atoms with E-state index in [0.29, 0.717) is 45.1 Å². The lowest BCUT2D eigenvalue weighted by Gasteiger charge is -2.30. The van der Waals surface area contributed by atoms with Crippen molar-refractivity contribution in [3.05, 3.63) is 156 Å². The summed E-state index contributed by atoms with van der Waals surface area (Å²) >= 11 is 0. The maximum atomic E-state index is 14.2. The predicted molar refractivity (Wildman–Crippen MR) is 183 cm³/mol. The molecule has 0 saturated carbocycles. The quantitative estimate of drug-likeness (QED) is 0.148. The van der Waals surface area contributed by atoms with E-state index in [-0.39, 0.29) is 24.7 Å². The molecule has 0 spiro atoms. The minimum absolute atomic E-state index is 0.0205. The van der Waals surface area contributed by atoms with Crippen LogP contribution in [0.5, 0.6) is 23.0 Å². The number of ether oxygens (including phenoxy) is 3. The summed E-state index contributed by atoms with van der Waals surface area (Å²) in [6.07, 6.45) is -9.33. The fraction of sp³-hybridized carbons (Fsp3) is 0.122. The van der Waals surface area contributed by atoms with Crippen molar-refractivity contribution in [2.24, 2.45) is 0 Å². The number of anilines is 2. The Bertz CT molecular complexity index is 2030. The Morgan fingerprint density at radius 1 is 0.490 bits per heavy atom. The number of hydrogen-bond donors (Lipinski definition) is 0. The van der Waals surface area contributed by atoms with Crippen LogP contribution in [0.4, 0.5) is 37.7 Å². The van der Waals surface area contributed by atoms with Crippen molar-refractivity contribution in [1.29, 1.82) is 0 Å². The molecule has 0 fully saturated rings. The van der Waals surface area contributed by atoms with Crippen molar-refractivity contribution in [2.45, 2.75) is 25.6 Å². The molecule has 6 aromatic rings. The molecule has 0 radical (unpaired) electrons. The van der Waals surface area contributed by atoms with Crippen molar-refractivity contribution in [3.63, 3.8) is 0 Å². The number of hydrogen-bond acceptors (Lipinski definition) is 4. The zero-order chi connectivity index (χ0) is 35.8. The summed E-state index contributed by atoms with van der Waals surface area (Å²) in [5.74, 6) is 0.182. The Balaban J connectivity index is 1.16. The first-order valence-corrected chi connectivity index (χ1v) is 15.9. The van der Waals surface area contributed by atoms with E-state index in [2.05, 4.69) is 0 Å². The topological polar surface area (TPSA) is 30.9 Å². The number of alkyl halides is 6. The fourth-order valence-corrected chi connectivity index (χ4v) is 5.94. The molecule has 6 aromatic carbocycles. The Morgan fingerprint density at radius 3 is 1.25 bits per heavy atom. The normalized spacial score (nSPS) is 12.5. The number of benzene rings is 6. The van der Waals surface area contributed by atoms with E-state index in [1.54, 1.807) is 104 Å². The lowest BCUT2D eigenvalue weighted by molar-refractivity contribution is -0.139. The van der Waals surface area contributed by atoms with Gasteiger partial charge >= 0.3 is 12.4 Å². The highest BCUT2D eigenvalue weighted by atomic mass is 19.4. The van der Waals surface area contributed by atoms with E-state index in [9.17, 15) is 26.3 Å². The minimum atomic E-state index is -4.67. The van der Waals surface area contributed by atoms with Gasteiger partial charge in [-0.1, -0.05) is 84.9 Å². The van der Waals surface area contributed by atoms with Crippen LogP contribution in [0.3, 0.4) is 0 Å². The van der Waals surface area contributed by atoms with E-state index in [4.69, 9.17) is 14.2 Å². The highest BCUT2D eigenvalue weighted by Gasteiger charge is 2.36. The molecule has 258 valence electrons. The van der Waals surface area contributed by atoms with Gasteiger partial charge in [0, 0.05) is 7.05 Å². The average Bonchev–Trinajstić information content (AvgIpc) is 3.13. The molecular weight excluding hydrogens is 668 g/mol. The molecule has 7 rings (SSSR count). The van der Waals surface area contributed by atoms with Crippen LogP contribution in [0.25, 0.3) is 22.3 Å². The Kier molecular flexibility index (Phi) is 8.85. The number of halogens is 6. The van der Waals surface area contributed by atoms with E-state index < -0.39 is 23.5 Å². The van der Waals surface area contributed by atoms with Crippen LogP contribution >= 0.6 is 0 Å². The monoisotopic (exact) mass is 697 g/mol. The maximum absolute atomic E-state index is 14.2. The van der Waals surface area contributed by atoms with Gasteiger partial charge in [-0.3, -0.25) is 0 Å². The van der Waals surface area contributed by atoms with Gasteiger partial charge in [-0.15, -0.1) is 0 Å². The maximum Gasteiger partial charge on any atom is 0.419 e. The molecule has 0 aliphatic carbocycles. The van der Waals surface area contributed by atoms with Gasteiger partial charge in [-0.25, -0.2) is 0 Å². The van der Waals surface area contributed by atoms with Crippen molar-refractivity contribution in [1.82, 2.24) is 0 Å². The van der Waals surface area contributed by atoms with Gasteiger partial charge in [0.1, 0.15) is 24.7 Å². The van der Waals surface area contributed by atoms with Crippen LogP contribution in [0.2, 0.25) is 0 Å². The second kappa shape index (κ2) is 13.4. The van der Waals surface area contributed by atoms with E-state index in [0.717, 1.165) is 23.3 Å². The first-order valence-electron chi connectivity index (χ1n) is 15.9. The molecule has 1 heterocycles. The minimum Gasteiger partial charge on any atom is -0.488 e. The second-order valence-electron chi connectivity index (χ2n) is 12.0. The summed E-state index contributed by atoms with van der Waals surface area (Å²) in [6, 6.07) is 35.9. The molecule has 0 amide bonds. The Morgan fingerprint density at radius 2 is 0.863 bits per heavy atom. The molecule has 10 heteroatoms. The van der Waals surface area contributed by atoms with E-state index >= 15 is 0 Å². The smallest absolute Gasteiger partial charge is 0.419 e. The average molecular weight is 698 g/mol. The molecular formula is C41H29F6NO3. The van der Waals surface area contributed by atoms with Gasteiger partial charge in [0.2, 0.25) is 0 Å². The third-order valence-corrected chi connectivity index (χ3v) is 8.57. The summed E-state index contributed by atoms with van der Waals surface area (Å²) in [7, 11) is 1.81. The lowest BCUT2D eigenvalue weighted by Crippen LogP contribution is -2.15. The van der Waals surface area contributed by atoms with Crippen molar-refractivity contribution >= 4 is 11.4 Å². The van der Waals surface area contributed by atoms with E-state index in [1.165, 1.54) is 12.1 Å². The molecule has 1 aliphatic rings. The second-order valence-corrected chi connectivity index (χ2v) is 12.0. The van der Waals surface area contributed by atoms with Gasteiger partial charge in [-0.2, -0.15) is 26.3 Å². The zero-order valence-corrected chi connectivity index (χ0v) is 27.1. The third-order valence-electron chi connectivity index (χ3n) is 8.57. The summed E-state index contributed by atoms with van der Waals surface area (Å²) in [5, 5.41) is 0. The lowest BCUT2D eigenvalue weighted by atomic mass is 9.99. The van der Waals surface area contributed by atoms with Crippen LogP contribution < -0.4 is 19.1 Å². The third kappa shape index (κ3) is 7.21. The standard InChI is InChI=1S/C41H29F6NO3/c1-48-34-16-12-30(28-14-18-36(32(20-28)40(42,43)44)49-24-26-8-4-2-5-9-26)22-38(34)51-39-23-31(13-17-35(39)48)29-15-19-37(33(21-29)41(45,46)47)50-25-27-10-6-3-7-11-27/h2-23H,24-25H2,1H3. The number of fused-ring (bicyclic) bond motifs is 2. The molecule has 0 aromatic heterocycles. The summed E-state index contributed by atoms with van der Waals surface area (Å²) in [6.45, 7) is -0.0409. The SMILES string of the molecule is CN1c2ccc(-c3ccc(OCc4ccccc4)c(C(F)(F)F)c3)cc2Oc2cc(-c3ccc(OCc4ccccc4)c(C(F)(F)F)c3)ccc21. The van der Waals surface area contributed by atoms with Crippen molar-refractivity contribution in [2.75, 3.05) is 11.9 Å².